The molecule has 0 aliphatic carbocycles. The Morgan fingerprint density at radius 2 is 1.82 bits per heavy atom. The Balaban J connectivity index is 1.42. The lowest BCUT2D eigenvalue weighted by Gasteiger charge is -2.32. The molecule has 11 heteroatoms. The number of hydrogen-bond acceptors (Lipinski definition) is 6. The summed E-state index contributed by atoms with van der Waals surface area (Å²) in [6.45, 7) is 5.49. The van der Waals surface area contributed by atoms with E-state index in [9.17, 15) is 14.0 Å². The van der Waals surface area contributed by atoms with Crippen LogP contribution in [0, 0.1) is 26.6 Å². The zero-order valence-electron chi connectivity index (χ0n) is 24.4. The Morgan fingerprint density at radius 3 is 2.59 bits per heavy atom. The molecule has 0 radical (unpaired) electrons. The summed E-state index contributed by atoms with van der Waals surface area (Å²) >= 11 is 0. The topological polar surface area (TPSA) is 122 Å². The Morgan fingerprint density at radius 1 is 1.02 bits per heavy atom. The van der Waals surface area contributed by atoms with Crippen molar-refractivity contribution in [3.8, 4) is 11.6 Å². The number of aromatic amines is 1. The summed E-state index contributed by atoms with van der Waals surface area (Å²) in [5, 5.41) is 16.3. The molecule has 0 fully saturated rings. The van der Waals surface area contributed by atoms with Crippen molar-refractivity contribution in [2.45, 2.75) is 39.9 Å². The summed E-state index contributed by atoms with van der Waals surface area (Å²) in [4.78, 5) is 34.5. The molecule has 0 bridgehead atoms. The van der Waals surface area contributed by atoms with Gasteiger partial charge >= 0.3 is 0 Å². The van der Waals surface area contributed by atoms with E-state index in [0.717, 1.165) is 27.6 Å². The smallest absolute Gasteiger partial charge is 0.251 e. The minimum Gasteiger partial charge on any atom is -0.458 e. The van der Waals surface area contributed by atoms with Crippen molar-refractivity contribution < 1.29 is 18.4 Å². The summed E-state index contributed by atoms with van der Waals surface area (Å²) in [6, 6.07) is 21.7. The SMILES string of the molecule is Cc1ccc(C)c(N(C(=O)Cn2nnc(-c3ccc(C)o3)n2)C(C(=O)NCc2ccc(F)cc2)c2c[nH]c3ccccc23)c1. The Hall–Kier alpha value is -5.58. The number of anilines is 1. The lowest BCUT2D eigenvalue weighted by atomic mass is 10.00. The van der Waals surface area contributed by atoms with Crippen molar-refractivity contribution in [3.05, 3.63) is 119 Å². The van der Waals surface area contributed by atoms with E-state index in [4.69, 9.17) is 4.42 Å². The number of fused-ring (bicyclic) bond motifs is 1. The number of furan rings is 1. The quantitative estimate of drug-likeness (QED) is 0.227. The van der Waals surface area contributed by atoms with Crippen LogP contribution in [0.3, 0.4) is 0 Å². The van der Waals surface area contributed by atoms with Crippen LogP contribution in [0.25, 0.3) is 22.5 Å². The Labute approximate surface area is 252 Å². The van der Waals surface area contributed by atoms with Gasteiger partial charge in [0.25, 0.3) is 5.91 Å². The van der Waals surface area contributed by atoms with Crippen molar-refractivity contribution in [1.29, 1.82) is 0 Å². The maximum Gasteiger partial charge on any atom is 0.251 e. The highest BCUT2D eigenvalue weighted by atomic mass is 19.1. The zero-order valence-corrected chi connectivity index (χ0v) is 24.4. The van der Waals surface area contributed by atoms with Gasteiger partial charge in [0.2, 0.25) is 11.7 Å². The van der Waals surface area contributed by atoms with E-state index in [2.05, 4.69) is 25.7 Å². The number of carbonyl (C=O) groups is 2. The summed E-state index contributed by atoms with van der Waals surface area (Å²) in [5.74, 6) is 0.174. The van der Waals surface area contributed by atoms with Gasteiger partial charge < -0.3 is 14.7 Å². The van der Waals surface area contributed by atoms with Gasteiger partial charge in [-0.15, -0.1) is 10.2 Å². The third-order valence-corrected chi connectivity index (χ3v) is 7.39. The molecule has 6 rings (SSSR count). The van der Waals surface area contributed by atoms with Gasteiger partial charge in [0, 0.05) is 34.9 Å². The number of aryl methyl sites for hydroxylation is 3. The lowest BCUT2D eigenvalue weighted by Crippen LogP contribution is -2.45. The molecule has 3 aromatic heterocycles. The fourth-order valence-electron chi connectivity index (χ4n) is 5.16. The van der Waals surface area contributed by atoms with Crippen molar-refractivity contribution >= 4 is 28.4 Å². The molecular formula is C33H30FN7O3. The molecule has 3 heterocycles. The summed E-state index contributed by atoms with van der Waals surface area (Å²) in [6.07, 6.45) is 1.75. The maximum atomic E-state index is 14.4. The normalized spacial score (nSPS) is 11.9. The van der Waals surface area contributed by atoms with E-state index in [1.165, 1.54) is 21.8 Å². The Bertz CT molecular complexity index is 1960. The number of benzene rings is 3. The van der Waals surface area contributed by atoms with Crippen molar-refractivity contribution in [2.75, 3.05) is 4.90 Å². The molecule has 0 saturated carbocycles. The molecule has 1 atom stereocenters. The molecule has 0 saturated heterocycles. The second-order valence-corrected chi connectivity index (χ2v) is 10.6. The number of tetrazole rings is 1. The molecule has 0 aliphatic rings. The highest BCUT2D eigenvalue weighted by molar-refractivity contribution is 6.04. The van der Waals surface area contributed by atoms with Crippen LogP contribution in [-0.4, -0.2) is 37.0 Å². The zero-order chi connectivity index (χ0) is 30.8. The standard InChI is InChI=1S/C33H30FN7O3/c1-20-8-9-21(2)28(16-20)41(30(42)19-40-38-32(37-39-40)29-15-10-22(3)44-29)31(26-18-35-27-7-5-4-6-25(26)27)33(43)36-17-23-11-13-24(34)14-12-23/h4-16,18,31,35H,17,19H2,1-3H3,(H,36,43). The van der Waals surface area contributed by atoms with E-state index >= 15 is 0 Å². The molecule has 0 aliphatic heterocycles. The maximum absolute atomic E-state index is 14.4. The number of rotatable bonds is 9. The van der Waals surface area contributed by atoms with Crippen LogP contribution in [0.15, 0.2) is 89.5 Å². The predicted octanol–water partition coefficient (Wildman–Crippen LogP) is 5.57. The van der Waals surface area contributed by atoms with E-state index in [1.54, 1.807) is 30.5 Å². The average Bonchev–Trinajstić information content (AvgIpc) is 3.77. The number of amides is 2. The highest BCUT2D eigenvalue weighted by Crippen LogP contribution is 2.35. The van der Waals surface area contributed by atoms with Gasteiger partial charge in [0.15, 0.2) is 5.76 Å². The molecule has 44 heavy (non-hydrogen) atoms. The first-order valence-corrected chi connectivity index (χ1v) is 14.1. The third kappa shape index (κ3) is 5.84. The van der Waals surface area contributed by atoms with Crippen LogP contribution < -0.4 is 10.2 Å². The molecule has 1 unspecified atom stereocenters. The van der Waals surface area contributed by atoms with Crippen LogP contribution in [0.1, 0.15) is 34.1 Å². The van der Waals surface area contributed by atoms with Crippen molar-refractivity contribution in [2.24, 2.45) is 0 Å². The first-order chi connectivity index (χ1) is 21.3. The average molecular weight is 592 g/mol. The third-order valence-electron chi connectivity index (χ3n) is 7.39. The Kier molecular flexibility index (Phi) is 7.76. The van der Waals surface area contributed by atoms with Crippen molar-refractivity contribution in [3.63, 3.8) is 0 Å². The molecule has 6 aromatic rings. The predicted molar refractivity (Wildman–Crippen MR) is 163 cm³/mol. The monoisotopic (exact) mass is 591 g/mol. The lowest BCUT2D eigenvalue weighted by molar-refractivity contribution is -0.127. The minimum atomic E-state index is -1.07. The molecular weight excluding hydrogens is 561 g/mol. The first-order valence-electron chi connectivity index (χ1n) is 14.1. The fourth-order valence-corrected chi connectivity index (χ4v) is 5.16. The highest BCUT2D eigenvalue weighted by Gasteiger charge is 2.35. The second kappa shape index (κ2) is 12.0. The van der Waals surface area contributed by atoms with Crippen LogP contribution >= 0.6 is 0 Å². The minimum absolute atomic E-state index is 0.142. The van der Waals surface area contributed by atoms with E-state index in [-0.39, 0.29) is 24.7 Å². The summed E-state index contributed by atoms with van der Waals surface area (Å²) in [5.41, 5.74) is 4.45. The second-order valence-electron chi connectivity index (χ2n) is 10.6. The summed E-state index contributed by atoms with van der Waals surface area (Å²) < 4.78 is 19.1. The van der Waals surface area contributed by atoms with Gasteiger partial charge in [-0.2, -0.15) is 4.80 Å². The number of halogens is 1. The molecule has 2 N–H and O–H groups in total. The van der Waals surface area contributed by atoms with Crippen molar-refractivity contribution in [1.82, 2.24) is 30.5 Å². The number of aromatic nitrogens is 5. The van der Waals surface area contributed by atoms with Gasteiger partial charge in [-0.05, 0) is 79.1 Å². The fraction of sp³-hybridized carbons (Fsp3) is 0.182. The van der Waals surface area contributed by atoms with Gasteiger partial charge in [0.05, 0.1) is 0 Å². The number of hydrogen-bond donors (Lipinski definition) is 2. The summed E-state index contributed by atoms with van der Waals surface area (Å²) in [7, 11) is 0. The first kappa shape index (κ1) is 28.5. The molecule has 0 spiro atoms. The van der Waals surface area contributed by atoms with Crippen LogP contribution in [-0.2, 0) is 22.7 Å². The van der Waals surface area contributed by atoms with Gasteiger partial charge in [-0.3, -0.25) is 14.5 Å². The van der Waals surface area contributed by atoms with Gasteiger partial charge in [0.1, 0.15) is 24.2 Å². The van der Waals surface area contributed by atoms with Crippen LogP contribution in [0.2, 0.25) is 0 Å². The number of carbonyl (C=O) groups excluding carboxylic acids is 2. The number of H-pyrrole nitrogens is 1. The number of nitrogens with zero attached hydrogens (tertiary/aromatic N) is 5. The largest absolute Gasteiger partial charge is 0.458 e. The van der Waals surface area contributed by atoms with Gasteiger partial charge in [-0.25, -0.2) is 4.39 Å². The number of nitrogens with one attached hydrogen (secondary N) is 2. The molecule has 3 aromatic carbocycles. The van der Waals surface area contributed by atoms with E-state index < -0.39 is 17.9 Å². The number of para-hydroxylation sites is 1. The van der Waals surface area contributed by atoms with E-state index in [0.29, 0.717) is 22.8 Å². The molecule has 222 valence electrons. The van der Waals surface area contributed by atoms with Crippen LogP contribution in [0.5, 0.6) is 0 Å². The molecule has 2 amide bonds. The van der Waals surface area contributed by atoms with Gasteiger partial charge in [-0.1, -0.05) is 42.5 Å². The van der Waals surface area contributed by atoms with Crippen LogP contribution in [0.4, 0.5) is 10.1 Å². The molecule has 10 nitrogen and oxygen atoms in total. The van der Waals surface area contributed by atoms with E-state index in [1.807, 2.05) is 63.2 Å².